The molecule has 0 saturated carbocycles. The van der Waals surface area contributed by atoms with Crippen LogP contribution in [-0.2, 0) is 57.6 Å². The number of carboxylic acids is 4. The second-order valence-electron chi connectivity index (χ2n) is 18.6. The van der Waals surface area contributed by atoms with E-state index in [1.54, 1.807) is 0 Å². The van der Waals surface area contributed by atoms with Crippen molar-refractivity contribution in [1.82, 2.24) is 35.6 Å². The van der Waals surface area contributed by atoms with Crippen LogP contribution in [0.5, 0.6) is 0 Å². The zero-order chi connectivity index (χ0) is 54.7. The maximum absolute atomic E-state index is 13.4. The molecule has 1 saturated heterocycles. The summed E-state index contributed by atoms with van der Waals surface area (Å²) in [5.74, 6) is -5.32. The van der Waals surface area contributed by atoms with Gasteiger partial charge in [-0.3, -0.25) is 33.8 Å². The van der Waals surface area contributed by atoms with Gasteiger partial charge in [-0.05, 0) is 79.6 Å². The number of nitrogens with zero attached hydrogens (tertiary/aromatic N) is 4. The molecule has 3 rings (SSSR count). The van der Waals surface area contributed by atoms with Gasteiger partial charge in [0.05, 0.1) is 13.1 Å². The third kappa shape index (κ3) is 31.8. The van der Waals surface area contributed by atoms with E-state index in [0.29, 0.717) is 52.0 Å². The molecule has 1 aliphatic rings. The minimum Gasteiger partial charge on any atom is -0.481 e. The molecule has 3 amide bonds. The number of amides is 3. The number of rotatable bonds is 32. The Morgan fingerprint density at radius 1 is 0.653 bits per heavy atom. The van der Waals surface area contributed by atoms with Crippen LogP contribution < -0.4 is 16.0 Å². The van der Waals surface area contributed by atoms with Crippen LogP contribution in [0.4, 0.5) is 4.79 Å². The van der Waals surface area contributed by atoms with Crippen molar-refractivity contribution in [3.63, 3.8) is 0 Å². The summed E-state index contributed by atoms with van der Waals surface area (Å²) in [6.45, 7) is 10.9. The fraction of sp³-hybridized carbons (Fsp3) is 0.604. The number of likely N-dealkylation sites (N-methyl/N-ethyl adjacent to an activating group) is 2. The summed E-state index contributed by atoms with van der Waals surface area (Å²) in [5.41, 5.74) is 3.12. The van der Waals surface area contributed by atoms with E-state index in [0.717, 1.165) is 92.8 Å². The van der Waals surface area contributed by atoms with E-state index in [9.17, 15) is 48.9 Å². The number of hydrogen-bond acceptors (Lipinski definition) is 14. The molecule has 3 atom stereocenters. The molecule has 2 aromatic rings. The first-order valence-electron chi connectivity index (χ1n) is 25.7. The molecule has 20 nitrogen and oxygen atoms in total. The van der Waals surface area contributed by atoms with Gasteiger partial charge in [-0.15, -0.1) is 0 Å². The third-order valence-corrected chi connectivity index (χ3v) is 13.3. The molecule has 0 aliphatic carbocycles. The summed E-state index contributed by atoms with van der Waals surface area (Å²) in [4.78, 5) is 111. The van der Waals surface area contributed by atoms with Crippen LogP contribution in [0.3, 0.4) is 0 Å². The van der Waals surface area contributed by atoms with Crippen molar-refractivity contribution in [2.45, 2.75) is 116 Å². The number of ketones is 1. The van der Waals surface area contributed by atoms with Crippen molar-refractivity contribution in [1.29, 1.82) is 0 Å². The van der Waals surface area contributed by atoms with Gasteiger partial charge in [0.1, 0.15) is 11.8 Å². The van der Waals surface area contributed by atoms with E-state index in [1.807, 2.05) is 40.1 Å². The van der Waals surface area contributed by atoms with Crippen LogP contribution in [0.1, 0.15) is 101 Å². The molecule has 22 heteroatoms. The number of aliphatic carboxylic acids is 4. The van der Waals surface area contributed by atoms with Gasteiger partial charge in [0.15, 0.2) is 0 Å². The third-order valence-electron chi connectivity index (χ3n) is 12.9. The number of thiocarbonyl (C=S) groups is 1. The monoisotopic (exact) mass is 1230 g/mol. The SMILES string of the molecule is CCN1CCN(CC(=O)O)CCN(CC(=O)O)C(Cc2ccc(CC(=S)CCCCCCCNC(=O)[C@@H](CC(=O)CC[C@H](NC(=O)NCCCC(=O)O)C(=O)O)Cc3ccccc3)cc2)CN(CC)CC1.O=C=O.[Lu]. The molecule has 425 valence electrons. The van der Waals surface area contributed by atoms with Crippen LogP contribution in [0, 0.1) is 42.8 Å². The summed E-state index contributed by atoms with van der Waals surface area (Å²) in [6.07, 6.45) is 6.98. The fourth-order valence-electron chi connectivity index (χ4n) is 8.74. The topological polar surface area (TPSA) is 284 Å². The number of nitrogens with one attached hydrogen (secondary N) is 3. The fourth-order valence-corrected chi connectivity index (χ4v) is 9.05. The van der Waals surface area contributed by atoms with Crippen molar-refractivity contribution in [3.05, 3.63) is 71.3 Å². The Morgan fingerprint density at radius 3 is 1.84 bits per heavy atom. The molecule has 1 heterocycles. The van der Waals surface area contributed by atoms with Crippen LogP contribution in [0.2, 0.25) is 0 Å². The van der Waals surface area contributed by atoms with E-state index >= 15 is 0 Å². The summed E-state index contributed by atoms with van der Waals surface area (Å²) in [5, 5.41) is 45.6. The van der Waals surface area contributed by atoms with E-state index < -0.39 is 41.9 Å². The minimum absolute atomic E-state index is 0. The first kappa shape index (κ1) is 68.3. The maximum Gasteiger partial charge on any atom is 0.373 e. The molecular formula is C53H79LuN7O13S. The first-order chi connectivity index (χ1) is 35.5. The Balaban J connectivity index is 0.00000685. The second kappa shape index (κ2) is 40.5. The average Bonchev–Trinajstić information content (AvgIpc) is 3.35. The smallest absolute Gasteiger partial charge is 0.373 e. The first-order valence-corrected chi connectivity index (χ1v) is 26.1. The molecule has 1 unspecified atom stereocenters. The number of benzene rings is 2. The summed E-state index contributed by atoms with van der Waals surface area (Å²) >= 11 is 5.79. The van der Waals surface area contributed by atoms with Crippen molar-refractivity contribution in [3.8, 4) is 0 Å². The number of urea groups is 1. The molecule has 1 fully saturated rings. The van der Waals surface area contributed by atoms with Crippen LogP contribution in [0.25, 0.3) is 0 Å². The van der Waals surface area contributed by atoms with E-state index in [4.69, 9.17) is 26.9 Å². The van der Waals surface area contributed by atoms with Gasteiger partial charge in [-0.25, -0.2) is 9.59 Å². The normalized spacial score (nSPS) is 15.6. The summed E-state index contributed by atoms with van der Waals surface area (Å²) in [6, 6.07) is 15.6. The van der Waals surface area contributed by atoms with Crippen LogP contribution in [-0.4, -0.2) is 190 Å². The maximum atomic E-state index is 13.4. The van der Waals surface area contributed by atoms with Gasteiger partial charge in [0.2, 0.25) is 5.91 Å². The van der Waals surface area contributed by atoms with Gasteiger partial charge in [-0.1, -0.05) is 99.9 Å². The largest absolute Gasteiger partial charge is 0.481 e. The van der Waals surface area contributed by atoms with E-state index in [-0.39, 0.29) is 112 Å². The van der Waals surface area contributed by atoms with Crippen molar-refractivity contribution < 1.29 is 100 Å². The van der Waals surface area contributed by atoms with Gasteiger partial charge in [0.25, 0.3) is 0 Å². The molecule has 0 aromatic heterocycles. The van der Waals surface area contributed by atoms with Gasteiger partial charge in [-0.2, -0.15) is 9.59 Å². The van der Waals surface area contributed by atoms with Gasteiger partial charge < -0.3 is 46.2 Å². The summed E-state index contributed by atoms with van der Waals surface area (Å²) in [7, 11) is 0. The molecule has 2 aromatic carbocycles. The number of unbranched alkanes of at least 4 members (excludes halogenated alkanes) is 4. The van der Waals surface area contributed by atoms with E-state index in [2.05, 4.69) is 63.9 Å². The predicted molar refractivity (Wildman–Crippen MR) is 281 cm³/mol. The van der Waals surface area contributed by atoms with Gasteiger partial charge >= 0.3 is 36.1 Å². The van der Waals surface area contributed by atoms with Gasteiger partial charge in [0, 0.05) is 133 Å². The molecule has 1 aliphatic heterocycles. The van der Waals surface area contributed by atoms with E-state index in [1.165, 1.54) is 0 Å². The Bertz CT molecular complexity index is 2080. The van der Waals surface area contributed by atoms with Crippen molar-refractivity contribution in [2.75, 3.05) is 85.1 Å². The van der Waals surface area contributed by atoms with Crippen molar-refractivity contribution >= 4 is 64.8 Å². The number of carboxylic acid groups (broad SMARTS) is 4. The standard InChI is InChI=1S/C52H79N7O11S.CO2.Lu/c1-3-56-26-28-57(4-2)36-43(59(38-49(65)66)31-30-58(29-27-56)37-48(63)64)33-40-18-20-41(21-19-40)34-45(71)16-11-6-5-7-12-24-53-50(67)42(32-39-14-9-8-10-15-39)35-44(60)22-23-46(51(68)69)55-52(70)54-25-13-17-47(61)62;2-1-3;/h8-10,14-15,18-21,42-43,46H,3-7,11-13,16-17,22-38H2,1-2H3,(H,53,67)(H,61,62)(H,63,64)(H,65,66)(H,68,69)(H2,54,55,70);;/t42-,43?,46+;;/m1../s1. The Morgan fingerprint density at radius 2 is 1.23 bits per heavy atom. The van der Waals surface area contributed by atoms with Crippen molar-refractivity contribution in [2.24, 2.45) is 5.92 Å². The number of carbonyl (C=O) groups excluding carboxylic acids is 5. The Kier molecular flexibility index (Phi) is 36.9. The van der Waals surface area contributed by atoms with Crippen LogP contribution in [0.15, 0.2) is 54.6 Å². The molecular weight excluding hydrogens is 1150 g/mol. The number of carbonyl (C=O) groups is 7. The second-order valence-corrected chi connectivity index (χ2v) is 19.2. The zero-order valence-corrected chi connectivity index (χ0v) is 45.9. The Labute approximate surface area is 475 Å². The molecule has 7 N–H and O–H groups in total. The molecule has 1 radical (unpaired) electrons. The number of hydrogen-bond donors (Lipinski definition) is 7. The predicted octanol–water partition coefficient (Wildman–Crippen LogP) is 4.03. The molecule has 0 spiro atoms. The number of Topliss-reactive ketones (excluding diaryl/α,β-unsaturated/α-hetero) is 1. The quantitative estimate of drug-likeness (QED) is 0.0402. The average molecular weight is 1230 g/mol. The zero-order valence-electron chi connectivity index (χ0n) is 43.4. The Hall–Kier alpha value is -4.73. The molecule has 0 bridgehead atoms. The molecule has 75 heavy (non-hydrogen) atoms. The van der Waals surface area contributed by atoms with Crippen LogP contribution >= 0.6 is 12.2 Å². The minimum atomic E-state index is -1.34. The summed E-state index contributed by atoms with van der Waals surface area (Å²) < 4.78 is 0.